The number of piperidine rings is 1. The SMILES string of the molecule is Cc1ccc(/C=C/CN2CCC3(CC2)CN(C(=O)c2ccnc(Cl)c2)c2ccc(F)cc23)cc1. The van der Waals surface area contributed by atoms with Crippen molar-refractivity contribution in [3.05, 3.63) is 100 Å². The van der Waals surface area contributed by atoms with Crippen LogP contribution in [0.2, 0.25) is 5.15 Å². The lowest BCUT2D eigenvalue weighted by Gasteiger charge is -2.39. The number of carbonyl (C=O) groups excluding carboxylic acids is 1. The summed E-state index contributed by atoms with van der Waals surface area (Å²) in [6.07, 6.45) is 7.65. The zero-order valence-corrected chi connectivity index (χ0v) is 19.9. The Morgan fingerprint density at radius 1 is 1.12 bits per heavy atom. The van der Waals surface area contributed by atoms with Crippen molar-refractivity contribution in [1.29, 1.82) is 0 Å². The van der Waals surface area contributed by atoms with Crippen molar-refractivity contribution in [1.82, 2.24) is 9.88 Å². The first kappa shape index (κ1) is 22.8. The molecule has 174 valence electrons. The number of carbonyl (C=O) groups is 1. The maximum Gasteiger partial charge on any atom is 0.258 e. The molecule has 1 saturated heterocycles. The van der Waals surface area contributed by atoms with Crippen molar-refractivity contribution in [2.75, 3.05) is 31.1 Å². The Morgan fingerprint density at radius 3 is 2.62 bits per heavy atom. The van der Waals surface area contributed by atoms with E-state index in [1.807, 2.05) is 0 Å². The van der Waals surface area contributed by atoms with Gasteiger partial charge in [-0.05, 0) is 74.3 Å². The van der Waals surface area contributed by atoms with Crippen LogP contribution in [0.5, 0.6) is 0 Å². The van der Waals surface area contributed by atoms with Crippen LogP contribution >= 0.6 is 11.6 Å². The minimum atomic E-state index is -0.261. The number of nitrogens with zero attached hydrogens (tertiary/aromatic N) is 3. The first-order valence-corrected chi connectivity index (χ1v) is 12.0. The highest BCUT2D eigenvalue weighted by Crippen LogP contribution is 2.47. The second kappa shape index (κ2) is 9.32. The summed E-state index contributed by atoms with van der Waals surface area (Å²) in [6, 6.07) is 16.5. The van der Waals surface area contributed by atoms with Crippen LogP contribution in [0.4, 0.5) is 10.1 Å². The van der Waals surface area contributed by atoms with E-state index in [4.69, 9.17) is 11.6 Å². The van der Waals surface area contributed by atoms with Crippen molar-refractivity contribution in [3.63, 3.8) is 0 Å². The number of halogens is 2. The van der Waals surface area contributed by atoms with Gasteiger partial charge in [-0.3, -0.25) is 9.69 Å². The molecule has 3 heterocycles. The first-order chi connectivity index (χ1) is 16.4. The normalized spacial score (nSPS) is 17.4. The zero-order valence-electron chi connectivity index (χ0n) is 19.2. The van der Waals surface area contributed by atoms with Crippen LogP contribution in [0.1, 0.15) is 39.9 Å². The number of anilines is 1. The Balaban J connectivity index is 1.31. The molecule has 3 aromatic rings. The lowest BCUT2D eigenvalue weighted by molar-refractivity contribution is 0.0977. The van der Waals surface area contributed by atoms with Crippen molar-refractivity contribution in [2.45, 2.75) is 25.2 Å². The number of rotatable bonds is 4. The maximum atomic E-state index is 14.3. The van der Waals surface area contributed by atoms with Gasteiger partial charge >= 0.3 is 0 Å². The van der Waals surface area contributed by atoms with E-state index in [2.05, 4.69) is 53.2 Å². The lowest BCUT2D eigenvalue weighted by atomic mass is 9.74. The summed E-state index contributed by atoms with van der Waals surface area (Å²) in [7, 11) is 0. The van der Waals surface area contributed by atoms with Crippen LogP contribution < -0.4 is 4.90 Å². The van der Waals surface area contributed by atoms with Gasteiger partial charge in [0.1, 0.15) is 11.0 Å². The fourth-order valence-electron chi connectivity index (χ4n) is 5.12. The summed E-state index contributed by atoms with van der Waals surface area (Å²) >= 11 is 6.02. The van der Waals surface area contributed by atoms with E-state index in [0.717, 1.165) is 43.7 Å². The van der Waals surface area contributed by atoms with Crippen LogP contribution in [0.15, 0.2) is 66.9 Å². The Kier molecular flexibility index (Phi) is 6.24. The molecule has 0 radical (unpaired) electrons. The number of aromatic nitrogens is 1. The van der Waals surface area contributed by atoms with E-state index in [1.54, 1.807) is 29.2 Å². The average Bonchev–Trinajstić information content (AvgIpc) is 3.14. The Labute approximate surface area is 204 Å². The van der Waals surface area contributed by atoms with Gasteiger partial charge in [0, 0.05) is 36.0 Å². The van der Waals surface area contributed by atoms with Gasteiger partial charge in [0.2, 0.25) is 0 Å². The third kappa shape index (κ3) is 4.50. The molecule has 0 unspecified atom stereocenters. The quantitative estimate of drug-likeness (QED) is 0.441. The summed E-state index contributed by atoms with van der Waals surface area (Å²) in [4.78, 5) is 21.5. The van der Waals surface area contributed by atoms with E-state index in [1.165, 1.54) is 23.4 Å². The zero-order chi connectivity index (χ0) is 23.7. The highest BCUT2D eigenvalue weighted by molar-refractivity contribution is 6.29. The van der Waals surface area contributed by atoms with Crippen LogP contribution in [0.25, 0.3) is 6.08 Å². The monoisotopic (exact) mass is 475 g/mol. The molecule has 2 aromatic carbocycles. The van der Waals surface area contributed by atoms with E-state index in [-0.39, 0.29) is 22.3 Å². The van der Waals surface area contributed by atoms with E-state index in [0.29, 0.717) is 12.1 Å². The fourth-order valence-corrected chi connectivity index (χ4v) is 5.29. The largest absolute Gasteiger partial charge is 0.307 e. The third-order valence-corrected chi connectivity index (χ3v) is 7.27. The van der Waals surface area contributed by atoms with Crippen molar-refractivity contribution in [2.24, 2.45) is 0 Å². The van der Waals surface area contributed by atoms with Crippen LogP contribution in [-0.2, 0) is 5.41 Å². The van der Waals surface area contributed by atoms with E-state index >= 15 is 0 Å². The molecule has 1 aromatic heterocycles. The molecule has 5 rings (SSSR count). The van der Waals surface area contributed by atoms with E-state index < -0.39 is 0 Å². The molecule has 2 aliphatic rings. The number of likely N-dealkylation sites (tertiary alicyclic amines) is 1. The smallest absolute Gasteiger partial charge is 0.258 e. The van der Waals surface area contributed by atoms with E-state index in [9.17, 15) is 9.18 Å². The summed E-state index contributed by atoms with van der Waals surface area (Å²) < 4.78 is 14.3. The Hall–Kier alpha value is -3.02. The van der Waals surface area contributed by atoms with Crippen molar-refractivity contribution in [3.8, 4) is 0 Å². The van der Waals surface area contributed by atoms with Gasteiger partial charge in [0.05, 0.1) is 0 Å². The summed E-state index contributed by atoms with van der Waals surface area (Å²) in [5, 5.41) is 0.283. The standard InChI is InChI=1S/C28H27ClFN3O/c1-20-4-6-21(7-5-20)3-2-14-32-15-11-28(12-16-32)19-33(25-9-8-23(30)18-24(25)28)27(34)22-10-13-31-26(29)17-22/h2-10,13,17-18H,11-12,14-16,19H2,1H3/b3-2+. The molecule has 6 heteroatoms. The molecule has 0 aliphatic carbocycles. The highest BCUT2D eigenvalue weighted by Gasteiger charge is 2.46. The van der Waals surface area contributed by atoms with Crippen LogP contribution in [-0.4, -0.2) is 42.0 Å². The number of hydrogen-bond acceptors (Lipinski definition) is 3. The summed E-state index contributed by atoms with van der Waals surface area (Å²) in [5.41, 5.74) is 4.45. The third-order valence-electron chi connectivity index (χ3n) is 7.06. The predicted octanol–water partition coefficient (Wildman–Crippen LogP) is 5.89. The molecular formula is C28H27ClFN3O. The molecule has 0 bridgehead atoms. The maximum absolute atomic E-state index is 14.3. The minimum Gasteiger partial charge on any atom is -0.307 e. The second-order valence-electron chi connectivity index (χ2n) is 9.31. The van der Waals surface area contributed by atoms with Crippen LogP contribution in [0, 0.1) is 12.7 Å². The number of amides is 1. The number of hydrogen-bond donors (Lipinski definition) is 0. The molecule has 0 N–H and O–H groups in total. The Morgan fingerprint density at radius 2 is 1.88 bits per heavy atom. The van der Waals surface area contributed by atoms with Gasteiger partial charge in [0.25, 0.3) is 5.91 Å². The first-order valence-electron chi connectivity index (χ1n) is 11.6. The summed E-state index contributed by atoms with van der Waals surface area (Å²) in [6.45, 7) is 5.31. The molecule has 1 spiro atoms. The van der Waals surface area contributed by atoms with Gasteiger partial charge in [-0.2, -0.15) is 0 Å². The molecule has 1 amide bonds. The van der Waals surface area contributed by atoms with Crippen molar-refractivity contribution < 1.29 is 9.18 Å². The number of benzene rings is 2. The number of aryl methyl sites for hydroxylation is 1. The molecule has 0 atom stereocenters. The average molecular weight is 476 g/mol. The van der Waals surface area contributed by atoms with Gasteiger partial charge in [-0.15, -0.1) is 0 Å². The number of pyridine rings is 1. The minimum absolute atomic E-state index is 0.127. The highest BCUT2D eigenvalue weighted by atomic mass is 35.5. The lowest BCUT2D eigenvalue weighted by Crippen LogP contribution is -2.46. The van der Waals surface area contributed by atoms with Crippen LogP contribution in [0.3, 0.4) is 0 Å². The molecule has 0 saturated carbocycles. The van der Waals surface area contributed by atoms with Gasteiger partial charge in [-0.1, -0.05) is 53.6 Å². The second-order valence-corrected chi connectivity index (χ2v) is 9.70. The molecule has 1 fully saturated rings. The van der Waals surface area contributed by atoms with Gasteiger partial charge in [0.15, 0.2) is 0 Å². The van der Waals surface area contributed by atoms with Gasteiger partial charge < -0.3 is 4.90 Å². The topological polar surface area (TPSA) is 36.4 Å². The predicted molar refractivity (Wildman–Crippen MR) is 135 cm³/mol. The number of fused-ring (bicyclic) bond motifs is 2. The fraction of sp³-hybridized carbons (Fsp3) is 0.286. The Bertz CT molecular complexity index is 1230. The van der Waals surface area contributed by atoms with Crippen molar-refractivity contribution >= 4 is 29.3 Å². The molecular weight excluding hydrogens is 449 g/mol. The summed E-state index contributed by atoms with van der Waals surface area (Å²) in [5.74, 6) is -0.389. The molecule has 4 nitrogen and oxygen atoms in total. The molecule has 2 aliphatic heterocycles. The molecule has 34 heavy (non-hydrogen) atoms. The van der Waals surface area contributed by atoms with Gasteiger partial charge in [-0.25, -0.2) is 9.37 Å².